The minimum absolute atomic E-state index is 0.0604. The third-order valence-electron chi connectivity index (χ3n) is 5.92. The Hall–Kier alpha value is -2.68. The van der Waals surface area contributed by atoms with Crippen molar-refractivity contribution in [2.75, 3.05) is 0 Å². The van der Waals surface area contributed by atoms with Gasteiger partial charge in [0.25, 0.3) is 0 Å². The van der Waals surface area contributed by atoms with Crippen LogP contribution in [0.25, 0.3) is 10.4 Å². The second kappa shape index (κ2) is 8.99. The van der Waals surface area contributed by atoms with E-state index in [0.717, 1.165) is 12.0 Å². The zero-order valence-corrected chi connectivity index (χ0v) is 18.7. The van der Waals surface area contributed by atoms with E-state index in [4.69, 9.17) is 0 Å². The van der Waals surface area contributed by atoms with Crippen LogP contribution in [0.2, 0.25) is 0 Å². The molecule has 0 saturated heterocycles. The fourth-order valence-corrected chi connectivity index (χ4v) is 4.88. The molecule has 0 aliphatic carbocycles. The normalized spacial score (nSPS) is 12.1. The van der Waals surface area contributed by atoms with Crippen molar-refractivity contribution >= 4 is 11.3 Å². The second-order valence-electron chi connectivity index (χ2n) is 8.15. The smallest absolute Gasteiger partial charge is 0.0682 e. The first-order valence-electron chi connectivity index (χ1n) is 10.5. The van der Waals surface area contributed by atoms with Crippen molar-refractivity contribution in [1.82, 2.24) is 0 Å². The average Bonchev–Trinajstić information content (AvgIpc) is 3.29. The number of hydrogen-bond donors (Lipinski definition) is 1. The minimum atomic E-state index is 0.0604. The third kappa shape index (κ3) is 4.40. The Morgan fingerprint density at radius 3 is 2.33 bits per heavy atom. The molecule has 4 aromatic rings. The second-order valence-corrected chi connectivity index (χ2v) is 9.09. The lowest BCUT2D eigenvalue weighted by Crippen LogP contribution is -2.08. The van der Waals surface area contributed by atoms with Crippen LogP contribution < -0.4 is 0 Å². The lowest BCUT2D eigenvalue weighted by atomic mass is 9.82. The van der Waals surface area contributed by atoms with Gasteiger partial charge in [0.15, 0.2) is 0 Å². The summed E-state index contributed by atoms with van der Waals surface area (Å²) in [6, 6.07) is 26.4. The van der Waals surface area contributed by atoms with Gasteiger partial charge >= 0.3 is 0 Å². The Kier molecular flexibility index (Phi) is 6.17. The van der Waals surface area contributed by atoms with Gasteiger partial charge in [0.05, 0.1) is 6.61 Å². The van der Waals surface area contributed by atoms with E-state index in [2.05, 4.69) is 98.9 Å². The number of thiophene rings is 1. The fraction of sp³-hybridized carbons (Fsp3) is 0.214. The van der Waals surface area contributed by atoms with E-state index in [1.165, 1.54) is 43.8 Å². The predicted molar refractivity (Wildman–Crippen MR) is 128 cm³/mol. The zero-order chi connectivity index (χ0) is 21.1. The summed E-state index contributed by atoms with van der Waals surface area (Å²) in [5.41, 5.74) is 10.1. The van der Waals surface area contributed by atoms with Crippen molar-refractivity contribution in [3.8, 4) is 10.4 Å². The maximum atomic E-state index is 9.74. The summed E-state index contributed by atoms with van der Waals surface area (Å²) in [6.07, 6.45) is 0.946. The van der Waals surface area contributed by atoms with Crippen molar-refractivity contribution in [2.45, 2.75) is 39.7 Å². The maximum Gasteiger partial charge on any atom is 0.0682 e. The van der Waals surface area contributed by atoms with Crippen LogP contribution >= 0.6 is 11.3 Å². The molecule has 0 radical (unpaired) electrons. The monoisotopic (exact) mass is 412 g/mol. The number of rotatable bonds is 6. The van der Waals surface area contributed by atoms with E-state index < -0.39 is 0 Å². The van der Waals surface area contributed by atoms with Gasteiger partial charge in [-0.15, -0.1) is 11.3 Å². The summed E-state index contributed by atoms with van der Waals surface area (Å²) < 4.78 is 0. The molecule has 0 spiro atoms. The highest BCUT2D eigenvalue weighted by molar-refractivity contribution is 7.13. The number of aliphatic hydroxyl groups is 1. The first-order valence-corrected chi connectivity index (χ1v) is 11.3. The molecule has 1 N–H and O–H groups in total. The Morgan fingerprint density at radius 2 is 1.63 bits per heavy atom. The molecule has 0 amide bonds. The summed E-state index contributed by atoms with van der Waals surface area (Å²) in [5, 5.41) is 11.9. The van der Waals surface area contributed by atoms with Crippen LogP contribution in [-0.4, -0.2) is 5.11 Å². The topological polar surface area (TPSA) is 20.2 Å². The fourth-order valence-electron chi connectivity index (χ4n) is 4.11. The molecule has 1 aromatic heterocycles. The molecule has 0 bridgehead atoms. The van der Waals surface area contributed by atoms with Crippen LogP contribution in [0.3, 0.4) is 0 Å². The SMILES string of the molecule is Cc1cccc(C(Cc2ccc(C)c(C)c2)c2ccc(CO)cc2-c2cccs2)c1. The highest BCUT2D eigenvalue weighted by Gasteiger charge is 2.20. The highest BCUT2D eigenvalue weighted by atomic mass is 32.1. The molecule has 0 fully saturated rings. The number of hydrogen-bond acceptors (Lipinski definition) is 2. The van der Waals surface area contributed by atoms with E-state index in [0.29, 0.717) is 0 Å². The lowest BCUT2D eigenvalue weighted by molar-refractivity contribution is 0.282. The largest absolute Gasteiger partial charge is 0.392 e. The van der Waals surface area contributed by atoms with E-state index >= 15 is 0 Å². The third-order valence-corrected chi connectivity index (χ3v) is 6.82. The Balaban J connectivity index is 1.86. The summed E-state index contributed by atoms with van der Waals surface area (Å²) in [7, 11) is 0. The van der Waals surface area contributed by atoms with Gasteiger partial charge in [0, 0.05) is 10.8 Å². The molecule has 1 unspecified atom stereocenters. The Morgan fingerprint density at radius 1 is 0.800 bits per heavy atom. The summed E-state index contributed by atoms with van der Waals surface area (Å²) >= 11 is 1.75. The van der Waals surface area contributed by atoms with Crippen molar-refractivity contribution < 1.29 is 5.11 Å². The van der Waals surface area contributed by atoms with Gasteiger partial charge in [-0.2, -0.15) is 0 Å². The van der Waals surface area contributed by atoms with E-state index in [-0.39, 0.29) is 12.5 Å². The quantitative estimate of drug-likeness (QED) is 0.355. The van der Waals surface area contributed by atoms with Crippen molar-refractivity contribution in [1.29, 1.82) is 0 Å². The molecule has 4 rings (SSSR count). The van der Waals surface area contributed by atoms with Crippen LogP contribution in [0.5, 0.6) is 0 Å². The van der Waals surface area contributed by atoms with E-state index in [1.807, 2.05) is 0 Å². The van der Waals surface area contributed by atoms with E-state index in [9.17, 15) is 5.11 Å². The van der Waals surface area contributed by atoms with Crippen LogP contribution in [0.1, 0.15) is 44.9 Å². The van der Waals surface area contributed by atoms with Gasteiger partial charge in [-0.3, -0.25) is 0 Å². The van der Waals surface area contributed by atoms with Crippen molar-refractivity contribution in [3.05, 3.63) is 117 Å². The summed E-state index contributed by atoms with van der Waals surface area (Å²) in [4.78, 5) is 1.25. The molecule has 3 aromatic carbocycles. The molecule has 0 aliphatic rings. The molecule has 1 nitrogen and oxygen atoms in total. The molecule has 2 heteroatoms. The maximum absolute atomic E-state index is 9.74. The van der Waals surface area contributed by atoms with Gasteiger partial charge in [0.2, 0.25) is 0 Å². The molecule has 1 heterocycles. The van der Waals surface area contributed by atoms with Gasteiger partial charge in [-0.05, 0) is 83.6 Å². The predicted octanol–water partition coefficient (Wildman–Crippen LogP) is 7.21. The molecule has 30 heavy (non-hydrogen) atoms. The molecule has 0 aliphatic heterocycles. The molecular formula is C28H28OS. The standard InChI is InChI=1S/C28H28OS/c1-19-6-4-7-24(14-19)26(16-22-10-9-20(2)21(3)15-22)25-12-11-23(18-29)17-27(25)28-8-5-13-30-28/h4-15,17,26,29H,16,18H2,1-3H3. The Labute approximate surface area is 183 Å². The number of aryl methyl sites for hydroxylation is 3. The van der Waals surface area contributed by atoms with Gasteiger partial charge < -0.3 is 5.11 Å². The molecule has 0 saturated carbocycles. The Bertz CT molecular complexity index is 1140. The number of benzene rings is 3. The first kappa shape index (κ1) is 20.6. The average molecular weight is 413 g/mol. The van der Waals surface area contributed by atoms with E-state index in [1.54, 1.807) is 11.3 Å². The van der Waals surface area contributed by atoms with Crippen molar-refractivity contribution in [2.24, 2.45) is 0 Å². The van der Waals surface area contributed by atoms with Crippen LogP contribution in [-0.2, 0) is 13.0 Å². The molecular weight excluding hydrogens is 384 g/mol. The van der Waals surface area contributed by atoms with Gasteiger partial charge in [-0.1, -0.05) is 66.2 Å². The number of aliphatic hydroxyl groups excluding tert-OH is 1. The minimum Gasteiger partial charge on any atom is -0.392 e. The lowest BCUT2D eigenvalue weighted by Gasteiger charge is -2.23. The molecule has 1 atom stereocenters. The zero-order valence-electron chi connectivity index (χ0n) is 17.9. The summed E-state index contributed by atoms with van der Waals surface area (Å²) in [6.45, 7) is 6.57. The van der Waals surface area contributed by atoms with Gasteiger partial charge in [-0.25, -0.2) is 0 Å². The first-order chi connectivity index (χ1) is 14.5. The van der Waals surface area contributed by atoms with Crippen molar-refractivity contribution in [3.63, 3.8) is 0 Å². The molecule has 152 valence electrons. The highest BCUT2D eigenvalue weighted by Crippen LogP contribution is 2.38. The van der Waals surface area contributed by atoms with Crippen LogP contribution in [0.15, 0.2) is 78.2 Å². The van der Waals surface area contributed by atoms with Crippen LogP contribution in [0.4, 0.5) is 0 Å². The van der Waals surface area contributed by atoms with Gasteiger partial charge in [0.1, 0.15) is 0 Å². The van der Waals surface area contributed by atoms with Crippen LogP contribution in [0, 0.1) is 20.8 Å². The summed E-state index contributed by atoms with van der Waals surface area (Å²) in [5.74, 6) is 0.247.